The molecule has 0 aromatic heterocycles. The average molecular weight is 874 g/mol. The summed E-state index contributed by atoms with van der Waals surface area (Å²) < 4.78 is 0. The minimum atomic E-state index is -0.833. The molecule has 232 valence electrons. The quantitative estimate of drug-likeness (QED) is 0.124. The smallest absolute Gasteiger partial charge is 2.00 e. The van der Waals surface area contributed by atoms with Crippen molar-refractivity contribution in [1.82, 2.24) is 30.8 Å². The molecule has 0 aliphatic heterocycles. The zero-order chi connectivity index (χ0) is 21.5. The minimum absolute atomic E-state index is 0. The van der Waals surface area contributed by atoms with Crippen molar-refractivity contribution in [3.8, 4) is 0 Å². The molecule has 0 saturated carbocycles. The topological polar surface area (TPSA) is 579 Å². The van der Waals surface area contributed by atoms with Gasteiger partial charge in [0.25, 0.3) is 35.8 Å². The van der Waals surface area contributed by atoms with E-state index in [1.54, 1.807) is 0 Å². The van der Waals surface area contributed by atoms with Crippen molar-refractivity contribution in [2.45, 2.75) is 41.5 Å². The Bertz CT molecular complexity index is 303. The molecule has 0 saturated heterocycles. The van der Waals surface area contributed by atoms with Crippen molar-refractivity contribution in [3.63, 3.8) is 0 Å². The zero-order valence-electron chi connectivity index (χ0n) is 23.9. The van der Waals surface area contributed by atoms with Gasteiger partial charge in [-0.15, -0.1) is 0 Å². The van der Waals surface area contributed by atoms with Gasteiger partial charge >= 0.3 is 97.4 Å². The standard InChI is InChI=1S/6C2H4O2.5H3N.3H2O.3O.5Zn/c6*1-2(3)4;;;;;;;;;;;;;;;;/h6*1H3,(H,3,4);5*1H3;3*1H2;;;;;;;;/q;;;;;;;;;;;;;;3*-2;5*+2. The SMILES string of the molecule is CC(=O)O.CC(=O)O.CC(=O)O.CC(=O)O.CC(=O)O.CC(=O)O.N.N.N.N.N.O.O.O.[O-2].[O-2].[O-2].[Zn+2].[Zn+2].[Zn+2].[Zn+2].[Zn+2]. The third-order valence-electron chi connectivity index (χ3n) is 0. The average Bonchev–Trinajstić information content (AvgIpc) is 2.08. The molecular weight excluding hydrogens is 829 g/mol. The fourth-order valence-electron chi connectivity index (χ4n) is 0. The summed E-state index contributed by atoms with van der Waals surface area (Å²) >= 11 is 0. The Morgan fingerprint density at radius 3 is 0.300 bits per heavy atom. The van der Waals surface area contributed by atoms with Gasteiger partial charge in [0.1, 0.15) is 0 Å². The van der Waals surface area contributed by atoms with E-state index in [-0.39, 0.29) is 161 Å². The van der Waals surface area contributed by atoms with Gasteiger partial charge in [-0.3, -0.25) is 28.8 Å². The molecule has 28 heteroatoms. The summed E-state index contributed by atoms with van der Waals surface area (Å²) in [6.45, 7) is 6.50. The normalized spacial score (nSPS) is 3.75. The van der Waals surface area contributed by atoms with Crippen molar-refractivity contribution in [1.29, 1.82) is 0 Å². The van der Waals surface area contributed by atoms with Gasteiger partial charge in [-0.2, -0.15) is 0 Å². The number of aliphatic carboxylic acids is 6. The molecule has 40 heavy (non-hydrogen) atoms. The van der Waals surface area contributed by atoms with Crippen LogP contribution in [0.25, 0.3) is 0 Å². The first-order valence-electron chi connectivity index (χ1n) is 5.57. The van der Waals surface area contributed by atoms with Gasteiger partial charge in [0.05, 0.1) is 0 Å². The van der Waals surface area contributed by atoms with Gasteiger partial charge in [0.15, 0.2) is 0 Å². The zero-order valence-corrected chi connectivity index (χ0v) is 38.8. The number of rotatable bonds is 0. The number of hydrogen-bond donors (Lipinski definition) is 11. The van der Waals surface area contributed by atoms with Crippen molar-refractivity contribution in [2.24, 2.45) is 0 Å². The van der Waals surface area contributed by atoms with Crippen LogP contribution < -0.4 is 30.8 Å². The van der Waals surface area contributed by atoms with E-state index in [4.69, 9.17) is 59.4 Å². The molecule has 0 fully saturated rings. The summed E-state index contributed by atoms with van der Waals surface area (Å²) in [4.78, 5) is 54.0. The molecule has 0 amide bonds. The van der Waals surface area contributed by atoms with Gasteiger partial charge in [-0.25, -0.2) is 0 Å². The van der Waals surface area contributed by atoms with E-state index in [0.717, 1.165) is 41.5 Å². The van der Waals surface area contributed by atoms with Gasteiger partial charge in [0, 0.05) is 41.5 Å². The van der Waals surface area contributed by atoms with E-state index >= 15 is 0 Å². The van der Waals surface area contributed by atoms with E-state index < -0.39 is 35.8 Å². The number of carbonyl (C=O) groups is 6. The number of hydrogen-bond acceptors (Lipinski definition) is 11. The third kappa shape index (κ3) is 197000. The van der Waals surface area contributed by atoms with Gasteiger partial charge < -0.3 is 94.2 Å². The first-order valence-corrected chi connectivity index (χ1v) is 5.57. The van der Waals surface area contributed by atoms with E-state index in [0.29, 0.717) is 0 Å². The van der Waals surface area contributed by atoms with Crippen LogP contribution in [0, 0.1) is 0 Å². The Labute approximate surface area is 295 Å². The van der Waals surface area contributed by atoms with Crippen LogP contribution in [0.1, 0.15) is 41.5 Å². The molecule has 0 aliphatic carbocycles. The summed E-state index contributed by atoms with van der Waals surface area (Å²) in [7, 11) is 0. The molecule has 23 nitrogen and oxygen atoms in total. The second-order valence-corrected chi connectivity index (χ2v) is 3.11. The van der Waals surface area contributed by atoms with Crippen LogP contribution in [-0.4, -0.2) is 82.9 Å². The predicted molar refractivity (Wildman–Crippen MR) is 118 cm³/mol. The summed E-state index contributed by atoms with van der Waals surface area (Å²) in [6, 6.07) is 0. The molecular formula is C12H45N5O18Zn5+4. The van der Waals surface area contributed by atoms with Crippen molar-refractivity contribution < 1.29 is 190 Å². The predicted octanol–water partition coefficient (Wildman–Crippen LogP) is -1.49. The Morgan fingerprint density at radius 1 is 0.300 bits per heavy atom. The second-order valence-electron chi connectivity index (χ2n) is 3.11. The van der Waals surface area contributed by atoms with Gasteiger partial charge in [-0.1, -0.05) is 0 Å². The number of carboxylic acids is 6. The molecule has 0 spiro atoms. The van der Waals surface area contributed by atoms with Crippen molar-refractivity contribution in [3.05, 3.63) is 0 Å². The van der Waals surface area contributed by atoms with Gasteiger partial charge in [0.2, 0.25) is 0 Å². The Kier molecular flexibility index (Phi) is 845. The Balaban J connectivity index is -0.00000000450. The van der Waals surface area contributed by atoms with Crippen LogP contribution in [0.2, 0.25) is 0 Å². The summed E-state index contributed by atoms with van der Waals surface area (Å²) in [5, 5.41) is 44.5. The summed E-state index contributed by atoms with van der Waals surface area (Å²) in [5.41, 5.74) is 0. The monoisotopic (exact) mass is 867 g/mol. The van der Waals surface area contributed by atoms with Crippen LogP contribution in [0.3, 0.4) is 0 Å². The second kappa shape index (κ2) is 177. The van der Waals surface area contributed by atoms with Crippen LogP contribution in [0.15, 0.2) is 0 Å². The molecule has 27 N–H and O–H groups in total. The number of carboxylic acid groups (broad SMARTS) is 6. The molecule has 0 aliphatic rings. The molecule has 0 unspecified atom stereocenters. The van der Waals surface area contributed by atoms with E-state index in [1.165, 1.54) is 0 Å². The first kappa shape index (κ1) is 191. The van der Waals surface area contributed by atoms with E-state index in [1.807, 2.05) is 0 Å². The first-order chi connectivity index (χ1) is 10.4. The van der Waals surface area contributed by atoms with Gasteiger partial charge in [-0.05, 0) is 0 Å². The maximum atomic E-state index is 9.00. The Hall–Kier alpha value is -0.503. The maximum absolute atomic E-state index is 9.00. The fourth-order valence-corrected chi connectivity index (χ4v) is 0. The maximum Gasteiger partial charge on any atom is 2.00 e. The Morgan fingerprint density at radius 2 is 0.300 bits per heavy atom. The fraction of sp³-hybridized carbons (Fsp3) is 0.500. The minimum Gasteiger partial charge on any atom is -2.00 e. The van der Waals surface area contributed by atoms with Crippen LogP contribution in [0.5, 0.6) is 0 Å². The molecule has 0 aromatic rings. The van der Waals surface area contributed by atoms with Crippen LogP contribution in [0.4, 0.5) is 0 Å². The molecule has 0 atom stereocenters. The van der Waals surface area contributed by atoms with Crippen molar-refractivity contribution in [2.75, 3.05) is 0 Å². The summed E-state index contributed by atoms with van der Waals surface area (Å²) in [5.74, 6) is -5.00. The van der Waals surface area contributed by atoms with E-state index in [2.05, 4.69) is 0 Å². The molecule has 0 aromatic carbocycles. The van der Waals surface area contributed by atoms with Crippen molar-refractivity contribution >= 4 is 35.8 Å². The molecule has 0 radical (unpaired) electrons. The van der Waals surface area contributed by atoms with E-state index in [9.17, 15) is 0 Å². The largest absolute Gasteiger partial charge is 2.00 e. The van der Waals surface area contributed by atoms with Crippen LogP contribution in [-0.2, 0) is 143 Å². The molecule has 0 rings (SSSR count). The molecule has 0 bridgehead atoms. The van der Waals surface area contributed by atoms with Crippen LogP contribution >= 0.6 is 0 Å². The molecule has 0 heterocycles. The summed E-state index contributed by atoms with van der Waals surface area (Å²) in [6.07, 6.45) is 0. The third-order valence-corrected chi connectivity index (χ3v) is 0.